The Morgan fingerprint density at radius 2 is 1.81 bits per heavy atom. The Morgan fingerprint density at radius 3 is 2.31 bits per heavy atom. The van der Waals surface area contributed by atoms with Gasteiger partial charge in [-0.3, -0.25) is 9.59 Å². The standard InChI is InChI=1S/C11H21NO4/c1-2-3-7-12(8-9-13)10(14)5-4-6-11(15)16/h13H,2-9H2,1H3,(H,15,16). The molecule has 0 heterocycles. The number of unbranched alkanes of at least 4 members (excludes halogenated alkanes) is 1. The van der Waals surface area contributed by atoms with Crippen molar-refractivity contribution in [1.82, 2.24) is 4.90 Å². The van der Waals surface area contributed by atoms with Crippen molar-refractivity contribution in [1.29, 1.82) is 0 Å². The fourth-order valence-corrected chi connectivity index (χ4v) is 1.38. The maximum atomic E-state index is 11.6. The van der Waals surface area contributed by atoms with Gasteiger partial charge in [0, 0.05) is 25.9 Å². The SMILES string of the molecule is CCCCN(CCO)C(=O)CCCC(=O)O. The molecule has 0 aliphatic carbocycles. The van der Waals surface area contributed by atoms with Crippen LogP contribution >= 0.6 is 0 Å². The summed E-state index contributed by atoms with van der Waals surface area (Å²) in [6, 6.07) is 0. The highest BCUT2D eigenvalue weighted by Crippen LogP contribution is 2.03. The number of hydrogen-bond donors (Lipinski definition) is 2. The number of aliphatic carboxylic acids is 1. The fourth-order valence-electron chi connectivity index (χ4n) is 1.38. The molecule has 0 saturated carbocycles. The first-order valence-corrected chi connectivity index (χ1v) is 5.72. The van der Waals surface area contributed by atoms with Crippen LogP contribution in [0.2, 0.25) is 0 Å². The zero-order valence-electron chi connectivity index (χ0n) is 9.81. The number of rotatable bonds is 9. The van der Waals surface area contributed by atoms with Crippen molar-refractivity contribution < 1.29 is 19.8 Å². The Labute approximate surface area is 96.1 Å². The molecule has 0 saturated heterocycles. The highest BCUT2D eigenvalue weighted by Gasteiger charge is 2.12. The Morgan fingerprint density at radius 1 is 1.12 bits per heavy atom. The summed E-state index contributed by atoms with van der Waals surface area (Å²) < 4.78 is 0. The third kappa shape index (κ3) is 7.23. The summed E-state index contributed by atoms with van der Waals surface area (Å²) in [5, 5.41) is 17.3. The average molecular weight is 231 g/mol. The molecule has 0 aromatic heterocycles. The summed E-state index contributed by atoms with van der Waals surface area (Å²) in [4.78, 5) is 23.5. The minimum atomic E-state index is -0.880. The average Bonchev–Trinajstić information content (AvgIpc) is 2.23. The molecule has 5 nitrogen and oxygen atoms in total. The first kappa shape index (κ1) is 14.9. The quantitative estimate of drug-likeness (QED) is 0.617. The van der Waals surface area contributed by atoms with E-state index in [1.54, 1.807) is 4.90 Å². The summed E-state index contributed by atoms with van der Waals surface area (Å²) in [7, 11) is 0. The van der Waals surface area contributed by atoms with Gasteiger partial charge in [-0.2, -0.15) is 0 Å². The molecule has 0 aliphatic rings. The number of hydrogen-bond acceptors (Lipinski definition) is 3. The van der Waals surface area contributed by atoms with Crippen molar-refractivity contribution in [3.05, 3.63) is 0 Å². The molecule has 0 atom stereocenters. The van der Waals surface area contributed by atoms with Gasteiger partial charge in [0.25, 0.3) is 0 Å². The van der Waals surface area contributed by atoms with Crippen LogP contribution in [0.3, 0.4) is 0 Å². The van der Waals surface area contributed by atoms with E-state index in [0.717, 1.165) is 12.8 Å². The van der Waals surface area contributed by atoms with Gasteiger partial charge in [0.15, 0.2) is 0 Å². The molecule has 0 aliphatic heterocycles. The number of carboxylic acids is 1. The molecule has 16 heavy (non-hydrogen) atoms. The van der Waals surface area contributed by atoms with Crippen LogP contribution in [0, 0.1) is 0 Å². The number of amides is 1. The second kappa shape index (κ2) is 9.15. The molecule has 0 radical (unpaired) electrons. The summed E-state index contributed by atoms with van der Waals surface area (Å²) in [6.45, 7) is 2.97. The number of aliphatic hydroxyl groups is 1. The lowest BCUT2D eigenvalue weighted by molar-refractivity contribution is -0.137. The maximum Gasteiger partial charge on any atom is 0.303 e. The highest BCUT2D eigenvalue weighted by molar-refractivity contribution is 5.77. The molecule has 0 unspecified atom stereocenters. The van der Waals surface area contributed by atoms with Gasteiger partial charge in [0.2, 0.25) is 5.91 Å². The fraction of sp³-hybridized carbons (Fsp3) is 0.818. The predicted octanol–water partition coefficient (Wildman–Crippen LogP) is 0.862. The summed E-state index contributed by atoms with van der Waals surface area (Å²) in [6.07, 6.45) is 2.53. The minimum Gasteiger partial charge on any atom is -0.481 e. The van der Waals surface area contributed by atoms with Gasteiger partial charge < -0.3 is 15.1 Å². The number of carboxylic acid groups (broad SMARTS) is 1. The first-order valence-electron chi connectivity index (χ1n) is 5.72. The second-order valence-electron chi connectivity index (χ2n) is 3.71. The lowest BCUT2D eigenvalue weighted by Gasteiger charge is -2.21. The van der Waals surface area contributed by atoms with Crippen LogP contribution in [0.25, 0.3) is 0 Å². The van der Waals surface area contributed by atoms with E-state index in [0.29, 0.717) is 19.5 Å². The zero-order valence-corrected chi connectivity index (χ0v) is 9.81. The van der Waals surface area contributed by atoms with Gasteiger partial charge >= 0.3 is 5.97 Å². The van der Waals surface area contributed by atoms with E-state index in [-0.39, 0.29) is 25.4 Å². The van der Waals surface area contributed by atoms with Gasteiger partial charge in [-0.15, -0.1) is 0 Å². The van der Waals surface area contributed by atoms with Crippen LogP contribution < -0.4 is 0 Å². The van der Waals surface area contributed by atoms with E-state index in [1.807, 2.05) is 6.92 Å². The van der Waals surface area contributed by atoms with Crippen molar-refractivity contribution in [2.45, 2.75) is 39.0 Å². The van der Waals surface area contributed by atoms with E-state index >= 15 is 0 Å². The van der Waals surface area contributed by atoms with Gasteiger partial charge in [-0.05, 0) is 12.8 Å². The van der Waals surface area contributed by atoms with E-state index in [4.69, 9.17) is 10.2 Å². The number of carbonyl (C=O) groups is 2. The summed E-state index contributed by atoms with van der Waals surface area (Å²) >= 11 is 0. The second-order valence-corrected chi connectivity index (χ2v) is 3.71. The van der Waals surface area contributed by atoms with Crippen molar-refractivity contribution in [3.63, 3.8) is 0 Å². The minimum absolute atomic E-state index is 0.0203. The van der Waals surface area contributed by atoms with E-state index < -0.39 is 5.97 Å². The molecule has 0 rings (SSSR count). The molecular formula is C11H21NO4. The zero-order chi connectivity index (χ0) is 12.4. The van der Waals surface area contributed by atoms with Crippen molar-refractivity contribution in [2.24, 2.45) is 0 Å². The monoisotopic (exact) mass is 231 g/mol. The molecule has 0 fully saturated rings. The smallest absolute Gasteiger partial charge is 0.303 e. The molecule has 0 aromatic rings. The lowest BCUT2D eigenvalue weighted by atomic mass is 10.2. The highest BCUT2D eigenvalue weighted by atomic mass is 16.4. The number of carbonyl (C=O) groups excluding carboxylic acids is 1. The molecule has 0 spiro atoms. The van der Waals surface area contributed by atoms with Crippen LogP contribution in [-0.4, -0.2) is 46.7 Å². The van der Waals surface area contributed by atoms with E-state index in [2.05, 4.69) is 0 Å². The normalized spacial score (nSPS) is 10.1. The van der Waals surface area contributed by atoms with Crippen molar-refractivity contribution in [2.75, 3.05) is 19.7 Å². The third-order valence-corrected chi connectivity index (χ3v) is 2.29. The topological polar surface area (TPSA) is 77.8 Å². The van der Waals surface area contributed by atoms with Gasteiger partial charge in [-0.25, -0.2) is 0 Å². The molecule has 94 valence electrons. The summed E-state index contributed by atoms with van der Waals surface area (Å²) in [5.74, 6) is -0.946. The molecule has 1 amide bonds. The van der Waals surface area contributed by atoms with Crippen molar-refractivity contribution in [3.8, 4) is 0 Å². The largest absolute Gasteiger partial charge is 0.481 e. The van der Waals surface area contributed by atoms with Crippen LogP contribution in [-0.2, 0) is 9.59 Å². The van der Waals surface area contributed by atoms with Crippen LogP contribution in [0.4, 0.5) is 0 Å². The van der Waals surface area contributed by atoms with Gasteiger partial charge in [0.05, 0.1) is 6.61 Å². The number of aliphatic hydroxyl groups excluding tert-OH is 1. The molecular weight excluding hydrogens is 210 g/mol. The Bertz CT molecular complexity index is 218. The van der Waals surface area contributed by atoms with Gasteiger partial charge in [-0.1, -0.05) is 13.3 Å². The van der Waals surface area contributed by atoms with E-state index in [1.165, 1.54) is 0 Å². The first-order chi connectivity index (χ1) is 7.61. The molecule has 2 N–H and O–H groups in total. The molecule has 0 bridgehead atoms. The Kier molecular flexibility index (Phi) is 8.52. The molecule has 5 heteroatoms. The van der Waals surface area contributed by atoms with Crippen LogP contribution in [0.5, 0.6) is 0 Å². The maximum absolute atomic E-state index is 11.6. The Hall–Kier alpha value is -1.10. The predicted molar refractivity (Wildman–Crippen MR) is 60.1 cm³/mol. The van der Waals surface area contributed by atoms with Crippen LogP contribution in [0.15, 0.2) is 0 Å². The molecule has 0 aromatic carbocycles. The summed E-state index contributed by atoms with van der Waals surface area (Å²) in [5.41, 5.74) is 0. The third-order valence-electron chi connectivity index (χ3n) is 2.29. The number of nitrogens with zero attached hydrogens (tertiary/aromatic N) is 1. The van der Waals surface area contributed by atoms with Crippen LogP contribution in [0.1, 0.15) is 39.0 Å². The van der Waals surface area contributed by atoms with E-state index in [9.17, 15) is 9.59 Å². The van der Waals surface area contributed by atoms with Crippen molar-refractivity contribution >= 4 is 11.9 Å². The lowest BCUT2D eigenvalue weighted by Crippen LogP contribution is -2.34. The van der Waals surface area contributed by atoms with Gasteiger partial charge in [0.1, 0.15) is 0 Å². The Balaban J connectivity index is 3.90.